The molecule has 28 heavy (non-hydrogen) atoms. The first-order chi connectivity index (χ1) is 13.6. The maximum absolute atomic E-state index is 12.0. The second-order valence-corrected chi connectivity index (χ2v) is 8.61. The summed E-state index contributed by atoms with van der Waals surface area (Å²) in [7, 11) is 1.39. The Morgan fingerprint density at radius 3 is 2.54 bits per heavy atom. The highest BCUT2D eigenvalue weighted by Gasteiger charge is 2.17. The van der Waals surface area contributed by atoms with Gasteiger partial charge in [-0.15, -0.1) is 11.3 Å². The van der Waals surface area contributed by atoms with Crippen LogP contribution in [0.5, 0.6) is 0 Å². The first kappa shape index (κ1) is 20.8. The number of benzene rings is 1. The van der Waals surface area contributed by atoms with E-state index < -0.39 is 0 Å². The third-order valence-electron chi connectivity index (χ3n) is 4.99. The Labute approximate surface area is 176 Å². The van der Waals surface area contributed by atoms with Crippen LogP contribution in [0.25, 0.3) is 0 Å². The predicted octanol–water partition coefficient (Wildman–Crippen LogP) is 3.47. The second-order valence-electron chi connectivity index (χ2n) is 7.06. The summed E-state index contributed by atoms with van der Waals surface area (Å²) in [6.07, 6.45) is 4.91. The molecule has 5 nitrogen and oxygen atoms in total. The predicted molar refractivity (Wildman–Crippen MR) is 120 cm³/mol. The van der Waals surface area contributed by atoms with Gasteiger partial charge in [0, 0.05) is 16.1 Å². The number of thiocarbonyl (C=S) groups is 1. The van der Waals surface area contributed by atoms with Crippen LogP contribution in [-0.2, 0) is 17.7 Å². The number of carbonyl (C=O) groups excluding carboxylic acids is 1. The topological polar surface area (TPSA) is 54.8 Å². The Bertz CT molecular complexity index is 812. The number of ether oxygens (including phenoxy) is 1. The number of nitrogens with one attached hydrogen (secondary N) is 3. The molecule has 3 N–H and O–H groups in total. The van der Waals surface area contributed by atoms with Crippen LogP contribution in [0.2, 0.25) is 0 Å². The molecule has 0 amide bonds. The largest absolute Gasteiger partial charge is 0.465 e. The minimum atomic E-state index is -0.356. The molecule has 1 aromatic heterocycles. The zero-order valence-corrected chi connectivity index (χ0v) is 18.1. The van der Waals surface area contributed by atoms with E-state index in [0.29, 0.717) is 15.7 Å². The number of anilines is 2. The molecule has 1 fully saturated rings. The van der Waals surface area contributed by atoms with Gasteiger partial charge in [0.15, 0.2) is 5.11 Å². The van der Waals surface area contributed by atoms with Crippen LogP contribution >= 0.6 is 23.6 Å². The van der Waals surface area contributed by atoms with Gasteiger partial charge < -0.3 is 20.3 Å². The third-order valence-corrected chi connectivity index (χ3v) is 6.39. The Kier molecular flexibility index (Phi) is 7.42. The highest BCUT2D eigenvalue weighted by molar-refractivity contribution is 7.80. The van der Waals surface area contributed by atoms with Gasteiger partial charge in [0.05, 0.1) is 25.8 Å². The van der Waals surface area contributed by atoms with Gasteiger partial charge in [-0.1, -0.05) is 19.1 Å². The molecular formula is C21H28N3O2S2+. The molecule has 2 aromatic rings. The van der Waals surface area contributed by atoms with Crippen molar-refractivity contribution in [2.75, 3.05) is 30.8 Å². The highest BCUT2D eigenvalue weighted by atomic mass is 32.1. The van der Waals surface area contributed by atoms with Crippen LogP contribution in [0.4, 0.5) is 10.7 Å². The van der Waals surface area contributed by atoms with Gasteiger partial charge in [-0.05, 0) is 56.1 Å². The lowest BCUT2D eigenvalue weighted by atomic mass is 10.1. The van der Waals surface area contributed by atoms with Crippen molar-refractivity contribution in [1.29, 1.82) is 0 Å². The molecule has 1 saturated heterocycles. The van der Waals surface area contributed by atoms with Gasteiger partial charge in [0.2, 0.25) is 0 Å². The highest BCUT2D eigenvalue weighted by Crippen LogP contribution is 2.29. The van der Waals surface area contributed by atoms with Crippen molar-refractivity contribution < 1.29 is 14.4 Å². The van der Waals surface area contributed by atoms with E-state index in [1.807, 2.05) is 6.07 Å². The Morgan fingerprint density at radius 2 is 1.89 bits per heavy atom. The number of thiophene rings is 1. The molecule has 1 aromatic carbocycles. The molecule has 0 unspecified atom stereocenters. The summed E-state index contributed by atoms with van der Waals surface area (Å²) in [5, 5.41) is 7.52. The van der Waals surface area contributed by atoms with Crippen molar-refractivity contribution in [3.8, 4) is 0 Å². The fraction of sp³-hybridized carbons (Fsp3) is 0.429. The minimum Gasteiger partial charge on any atom is -0.465 e. The fourth-order valence-corrected chi connectivity index (χ4v) is 4.73. The summed E-state index contributed by atoms with van der Waals surface area (Å²) >= 11 is 6.96. The van der Waals surface area contributed by atoms with Crippen LogP contribution in [0.1, 0.15) is 47.0 Å². The fourth-order valence-electron chi connectivity index (χ4n) is 3.46. The number of aryl methyl sites for hydroxylation is 1. The van der Waals surface area contributed by atoms with Gasteiger partial charge in [-0.3, -0.25) is 0 Å². The molecule has 3 rings (SSSR count). The number of esters is 1. The lowest BCUT2D eigenvalue weighted by molar-refractivity contribution is -0.918. The van der Waals surface area contributed by atoms with E-state index in [1.165, 1.54) is 56.4 Å². The number of likely N-dealkylation sites (tertiary alicyclic amines) is 1. The van der Waals surface area contributed by atoms with E-state index in [-0.39, 0.29) is 5.97 Å². The number of hydrogen-bond donors (Lipinski definition) is 3. The second kappa shape index (κ2) is 10.0. The number of methoxy groups -OCH3 is 1. The molecule has 0 atom stereocenters. The maximum atomic E-state index is 12.0. The monoisotopic (exact) mass is 418 g/mol. The SMILES string of the molecule is CCc1cc(C(=O)OC)c(NC(=S)Nc2ccc(C[NH+]3CCCCC3)cc2)s1. The lowest BCUT2D eigenvalue weighted by Crippen LogP contribution is -3.11. The maximum Gasteiger partial charge on any atom is 0.340 e. The van der Waals surface area contributed by atoms with Crippen molar-refractivity contribution in [3.05, 3.63) is 46.3 Å². The van der Waals surface area contributed by atoms with E-state index in [1.54, 1.807) is 4.90 Å². The average molecular weight is 419 g/mol. The van der Waals surface area contributed by atoms with E-state index >= 15 is 0 Å². The molecule has 0 spiro atoms. The molecule has 2 heterocycles. The number of piperidine rings is 1. The number of quaternary nitrogens is 1. The van der Waals surface area contributed by atoms with Crippen molar-refractivity contribution in [3.63, 3.8) is 0 Å². The van der Waals surface area contributed by atoms with Crippen LogP contribution in [0.3, 0.4) is 0 Å². The van der Waals surface area contributed by atoms with E-state index in [0.717, 1.165) is 23.5 Å². The van der Waals surface area contributed by atoms with E-state index in [2.05, 4.69) is 41.8 Å². The molecule has 1 aliphatic rings. The Balaban J connectivity index is 1.59. The molecule has 0 saturated carbocycles. The smallest absolute Gasteiger partial charge is 0.340 e. The van der Waals surface area contributed by atoms with Crippen LogP contribution in [-0.4, -0.2) is 31.3 Å². The van der Waals surface area contributed by atoms with Crippen molar-refractivity contribution in [2.45, 2.75) is 39.2 Å². The van der Waals surface area contributed by atoms with Gasteiger partial charge in [0.25, 0.3) is 0 Å². The normalized spacial score (nSPS) is 14.5. The van der Waals surface area contributed by atoms with Gasteiger partial charge in [0.1, 0.15) is 11.5 Å². The number of carbonyl (C=O) groups is 1. The van der Waals surface area contributed by atoms with Gasteiger partial charge in [-0.2, -0.15) is 0 Å². The van der Waals surface area contributed by atoms with E-state index in [4.69, 9.17) is 17.0 Å². The molecule has 0 radical (unpaired) electrons. The van der Waals surface area contributed by atoms with Crippen LogP contribution in [0, 0.1) is 0 Å². The zero-order valence-electron chi connectivity index (χ0n) is 16.5. The Hall–Kier alpha value is -1.96. The van der Waals surface area contributed by atoms with Crippen molar-refractivity contribution in [1.82, 2.24) is 0 Å². The summed E-state index contributed by atoms with van der Waals surface area (Å²) in [6.45, 7) is 5.69. The number of rotatable bonds is 6. The van der Waals surface area contributed by atoms with Crippen molar-refractivity contribution >= 4 is 45.3 Å². The molecule has 150 valence electrons. The Morgan fingerprint density at radius 1 is 1.18 bits per heavy atom. The molecule has 7 heteroatoms. The molecule has 1 aliphatic heterocycles. The quantitative estimate of drug-likeness (QED) is 0.495. The summed E-state index contributed by atoms with van der Waals surface area (Å²) in [5.74, 6) is -0.356. The van der Waals surface area contributed by atoms with Gasteiger partial charge in [-0.25, -0.2) is 4.79 Å². The molecular weight excluding hydrogens is 390 g/mol. The lowest BCUT2D eigenvalue weighted by Gasteiger charge is -2.23. The first-order valence-electron chi connectivity index (χ1n) is 9.80. The third kappa shape index (κ3) is 5.53. The molecule has 0 aliphatic carbocycles. The molecule has 0 bridgehead atoms. The van der Waals surface area contributed by atoms with Crippen LogP contribution < -0.4 is 15.5 Å². The van der Waals surface area contributed by atoms with Crippen LogP contribution in [0.15, 0.2) is 30.3 Å². The average Bonchev–Trinajstić information content (AvgIpc) is 3.12. The number of hydrogen-bond acceptors (Lipinski definition) is 4. The summed E-state index contributed by atoms with van der Waals surface area (Å²) in [4.78, 5) is 14.8. The summed E-state index contributed by atoms with van der Waals surface area (Å²) in [5.41, 5.74) is 2.80. The van der Waals surface area contributed by atoms with Crippen molar-refractivity contribution in [2.24, 2.45) is 0 Å². The summed E-state index contributed by atoms with van der Waals surface area (Å²) in [6, 6.07) is 10.3. The standard InChI is InChI=1S/C21H27N3O2S2/c1-3-17-13-18(20(25)26-2)19(28-17)23-21(27)22-16-9-7-15(8-10-16)14-24-11-5-4-6-12-24/h7-10,13H,3-6,11-12,14H2,1-2H3,(H2,22,23,27)/p+1. The minimum absolute atomic E-state index is 0.356. The van der Waals surface area contributed by atoms with Gasteiger partial charge >= 0.3 is 5.97 Å². The summed E-state index contributed by atoms with van der Waals surface area (Å²) < 4.78 is 4.87. The zero-order chi connectivity index (χ0) is 19.9. The van der Waals surface area contributed by atoms with E-state index in [9.17, 15) is 4.79 Å². The first-order valence-corrected chi connectivity index (χ1v) is 11.0.